The van der Waals surface area contributed by atoms with Gasteiger partial charge in [0.15, 0.2) is 17.3 Å². The number of pyridine rings is 1. The lowest BCUT2D eigenvalue weighted by Gasteiger charge is -2.32. The smallest absolute Gasteiger partial charge is 0.360 e. The third-order valence-corrected chi connectivity index (χ3v) is 6.65. The molecule has 0 bridgehead atoms. The van der Waals surface area contributed by atoms with Gasteiger partial charge in [0.2, 0.25) is 0 Å². The van der Waals surface area contributed by atoms with Gasteiger partial charge in [0.05, 0.1) is 43.9 Å². The summed E-state index contributed by atoms with van der Waals surface area (Å²) in [5.74, 6) is 0.167. The number of carbonyl (C=O) groups excluding carboxylic acids is 1. The predicted octanol–water partition coefficient (Wildman–Crippen LogP) is 3.39. The van der Waals surface area contributed by atoms with E-state index in [9.17, 15) is 4.79 Å². The Morgan fingerprint density at radius 3 is 2.57 bits per heavy atom. The van der Waals surface area contributed by atoms with E-state index in [0.717, 1.165) is 37.5 Å². The summed E-state index contributed by atoms with van der Waals surface area (Å²) >= 11 is 0. The molecule has 37 heavy (non-hydrogen) atoms. The third-order valence-electron chi connectivity index (χ3n) is 6.65. The number of methoxy groups -OCH3 is 1. The highest BCUT2D eigenvalue weighted by molar-refractivity contribution is 5.98. The minimum atomic E-state index is -0.599. The first-order valence-corrected chi connectivity index (χ1v) is 12.1. The Kier molecular flexibility index (Phi) is 6.97. The van der Waals surface area contributed by atoms with Crippen molar-refractivity contribution >= 4 is 34.3 Å². The number of carbonyl (C=O) groups is 1. The minimum absolute atomic E-state index is 0.0650. The zero-order valence-corrected chi connectivity index (χ0v) is 21.4. The van der Waals surface area contributed by atoms with Crippen molar-refractivity contribution < 1.29 is 14.3 Å². The summed E-state index contributed by atoms with van der Waals surface area (Å²) in [5, 5.41) is 6.34. The quantitative estimate of drug-likeness (QED) is 0.364. The molecule has 5 rings (SSSR count). The van der Waals surface area contributed by atoms with E-state index in [1.54, 1.807) is 25.8 Å². The lowest BCUT2D eigenvalue weighted by Crippen LogP contribution is -2.37. The van der Waals surface area contributed by atoms with Gasteiger partial charge in [-0.15, -0.1) is 0 Å². The molecule has 0 aliphatic carbocycles. The van der Waals surface area contributed by atoms with Crippen LogP contribution >= 0.6 is 0 Å². The minimum Gasteiger partial charge on any atom is -0.464 e. The highest BCUT2D eigenvalue weighted by Gasteiger charge is 2.23. The van der Waals surface area contributed by atoms with Crippen LogP contribution in [-0.4, -0.2) is 75.8 Å². The second-order valence-corrected chi connectivity index (χ2v) is 8.84. The zero-order chi connectivity index (χ0) is 25.9. The van der Waals surface area contributed by atoms with Crippen LogP contribution in [0.3, 0.4) is 0 Å². The molecule has 1 unspecified atom stereocenters. The molecule has 4 heterocycles. The number of anilines is 3. The van der Waals surface area contributed by atoms with Crippen LogP contribution in [0, 0.1) is 0 Å². The molecule has 0 saturated carbocycles. The lowest BCUT2D eigenvalue weighted by atomic mass is 10.1. The Balaban J connectivity index is 1.49. The van der Waals surface area contributed by atoms with E-state index in [1.165, 1.54) is 12.7 Å². The number of ether oxygens (including phenoxy) is 2. The molecule has 1 aliphatic rings. The topological polar surface area (TPSA) is 119 Å². The second-order valence-electron chi connectivity index (χ2n) is 8.84. The van der Waals surface area contributed by atoms with Crippen molar-refractivity contribution in [2.75, 3.05) is 51.1 Å². The average Bonchev–Trinajstić information content (AvgIpc) is 3.33. The summed E-state index contributed by atoms with van der Waals surface area (Å²) in [7, 11) is 4.97. The number of benzene rings is 1. The first-order chi connectivity index (χ1) is 18.0. The SMILES string of the molecule is CNc1nc(Nc2ccc(C(C)N3CCOCC3)cc2)c(C(=O)OC)nc1-c1cncc2c1ncn2C. The third kappa shape index (κ3) is 4.83. The molecule has 1 aromatic carbocycles. The molecule has 0 spiro atoms. The maximum Gasteiger partial charge on any atom is 0.360 e. The normalized spacial score (nSPS) is 14.9. The number of aryl methyl sites for hydroxylation is 1. The molecular formula is C26H30N8O3. The molecule has 3 aromatic heterocycles. The Hall–Kier alpha value is -4.09. The van der Waals surface area contributed by atoms with E-state index in [4.69, 9.17) is 14.5 Å². The molecular weight excluding hydrogens is 472 g/mol. The molecule has 11 heteroatoms. The van der Waals surface area contributed by atoms with Crippen LogP contribution in [0.5, 0.6) is 0 Å². The maximum atomic E-state index is 12.8. The molecule has 192 valence electrons. The molecule has 1 aliphatic heterocycles. The number of fused-ring (bicyclic) bond motifs is 1. The number of nitrogens with one attached hydrogen (secondary N) is 2. The summed E-state index contributed by atoms with van der Waals surface area (Å²) in [4.78, 5) is 33.4. The van der Waals surface area contributed by atoms with Crippen LogP contribution in [0.15, 0.2) is 43.0 Å². The first kappa shape index (κ1) is 24.6. The van der Waals surface area contributed by atoms with Gasteiger partial charge in [-0.25, -0.2) is 19.7 Å². The van der Waals surface area contributed by atoms with E-state index in [-0.39, 0.29) is 17.6 Å². The van der Waals surface area contributed by atoms with Crippen molar-refractivity contribution in [1.82, 2.24) is 29.4 Å². The first-order valence-electron chi connectivity index (χ1n) is 12.1. The standard InChI is InChI=1S/C26H30N8O3/c1-16(34-9-11-37-12-10-34)17-5-7-18(8-6-17)30-25-23(26(35)36-4)31-22(24(27-2)32-25)19-13-28-14-20-21(19)29-15-33(20)3/h5-8,13-16H,9-12H2,1-4H3,(H2,27,30,32). The van der Waals surface area contributed by atoms with Gasteiger partial charge in [-0.3, -0.25) is 9.88 Å². The highest BCUT2D eigenvalue weighted by atomic mass is 16.5. The molecule has 0 radical (unpaired) electrons. The van der Waals surface area contributed by atoms with E-state index >= 15 is 0 Å². The number of nitrogens with zero attached hydrogens (tertiary/aromatic N) is 6. The Morgan fingerprint density at radius 1 is 1.11 bits per heavy atom. The van der Waals surface area contributed by atoms with Crippen molar-refractivity contribution in [2.24, 2.45) is 7.05 Å². The van der Waals surface area contributed by atoms with Crippen molar-refractivity contribution in [2.45, 2.75) is 13.0 Å². The second kappa shape index (κ2) is 10.5. The van der Waals surface area contributed by atoms with Crippen molar-refractivity contribution in [1.29, 1.82) is 0 Å². The number of esters is 1. The van der Waals surface area contributed by atoms with Gasteiger partial charge in [-0.05, 0) is 24.6 Å². The number of rotatable bonds is 7. The number of hydrogen-bond donors (Lipinski definition) is 2. The van der Waals surface area contributed by atoms with Crippen LogP contribution < -0.4 is 10.6 Å². The molecule has 11 nitrogen and oxygen atoms in total. The van der Waals surface area contributed by atoms with Crippen LogP contribution in [0.4, 0.5) is 17.3 Å². The summed E-state index contributed by atoms with van der Waals surface area (Å²) in [6.07, 6.45) is 5.12. The van der Waals surface area contributed by atoms with Gasteiger partial charge in [0.1, 0.15) is 11.2 Å². The van der Waals surface area contributed by atoms with Crippen molar-refractivity contribution in [3.8, 4) is 11.3 Å². The van der Waals surface area contributed by atoms with E-state index < -0.39 is 5.97 Å². The van der Waals surface area contributed by atoms with Crippen LogP contribution in [0.25, 0.3) is 22.3 Å². The Labute approximate surface area is 214 Å². The number of hydrogen-bond acceptors (Lipinski definition) is 10. The predicted molar refractivity (Wildman–Crippen MR) is 141 cm³/mol. The zero-order valence-electron chi connectivity index (χ0n) is 21.4. The summed E-state index contributed by atoms with van der Waals surface area (Å²) in [6, 6.07) is 8.38. The summed E-state index contributed by atoms with van der Waals surface area (Å²) < 4.78 is 12.4. The molecule has 1 saturated heterocycles. The van der Waals surface area contributed by atoms with Gasteiger partial charge < -0.3 is 24.7 Å². The lowest BCUT2D eigenvalue weighted by molar-refractivity contribution is 0.0198. The Bertz CT molecular complexity index is 1410. The van der Waals surface area contributed by atoms with Gasteiger partial charge in [-0.2, -0.15) is 0 Å². The van der Waals surface area contributed by atoms with Crippen LogP contribution in [0.1, 0.15) is 29.0 Å². The van der Waals surface area contributed by atoms with Gasteiger partial charge in [-0.1, -0.05) is 12.1 Å². The highest BCUT2D eigenvalue weighted by Crippen LogP contribution is 2.33. The number of aromatic nitrogens is 5. The molecule has 1 fully saturated rings. The molecule has 4 aromatic rings. The van der Waals surface area contributed by atoms with Crippen LogP contribution in [-0.2, 0) is 16.5 Å². The van der Waals surface area contributed by atoms with Crippen molar-refractivity contribution in [3.05, 3.63) is 54.2 Å². The summed E-state index contributed by atoms with van der Waals surface area (Å²) in [5.41, 5.74) is 4.72. The molecule has 0 amide bonds. The van der Waals surface area contributed by atoms with Crippen LogP contribution in [0.2, 0.25) is 0 Å². The monoisotopic (exact) mass is 502 g/mol. The fourth-order valence-electron chi connectivity index (χ4n) is 4.50. The van der Waals surface area contributed by atoms with Crippen molar-refractivity contribution in [3.63, 3.8) is 0 Å². The Morgan fingerprint density at radius 2 is 1.86 bits per heavy atom. The van der Waals surface area contributed by atoms with E-state index in [1.807, 2.05) is 23.7 Å². The summed E-state index contributed by atoms with van der Waals surface area (Å²) in [6.45, 7) is 5.55. The fourth-order valence-corrected chi connectivity index (χ4v) is 4.50. The largest absolute Gasteiger partial charge is 0.464 e. The molecule has 2 N–H and O–H groups in total. The molecule has 1 atom stereocenters. The fraction of sp³-hybridized carbons (Fsp3) is 0.346. The van der Waals surface area contributed by atoms with Gasteiger partial charge >= 0.3 is 5.97 Å². The number of imidazole rings is 1. The van der Waals surface area contributed by atoms with Gasteiger partial charge in [0.25, 0.3) is 0 Å². The van der Waals surface area contributed by atoms with E-state index in [0.29, 0.717) is 22.6 Å². The van der Waals surface area contributed by atoms with E-state index in [2.05, 4.69) is 49.5 Å². The van der Waals surface area contributed by atoms with Gasteiger partial charge in [0, 0.05) is 45.1 Å². The average molecular weight is 503 g/mol. The maximum absolute atomic E-state index is 12.8. The number of morpholine rings is 1.